The molecule has 1 N–H and O–H groups in total. The molecule has 2 aliphatic rings. The second-order valence-corrected chi connectivity index (χ2v) is 5.88. The van der Waals surface area contributed by atoms with Gasteiger partial charge in [0, 0.05) is 18.0 Å². The fraction of sp³-hybridized carbons (Fsp3) is 0.467. The average molecular weight is 309 g/mol. The lowest BCUT2D eigenvalue weighted by atomic mass is 10.1. The van der Waals surface area contributed by atoms with Gasteiger partial charge in [0.1, 0.15) is 11.8 Å². The summed E-state index contributed by atoms with van der Waals surface area (Å²) in [5.74, 6) is 0.677. The Hall–Kier alpha value is -1.75. The standard InChI is InChI=1S/C15H17ClN2O3/c1-21-12-5-4-10(16)8-11(12)18-7-6-13(19)17-14(15(18)20)9-2-3-9/h4-5,8-9,14H,2-3,6-7H2,1H3,(H,17,19). The molecular formula is C15H17ClN2O3. The Bertz CT molecular complexity index is 586. The van der Waals surface area contributed by atoms with Crippen LogP contribution in [0.5, 0.6) is 5.75 Å². The molecule has 3 rings (SSSR count). The average Bonchev–Trinajstić information content (AvgIpc) is 3.29. The number of benzene rings is 1. The van der Waals surface area contributed by atoms with Crippen molar-refractivity contribution in [3.8, 4) is 5.75 Å². The van der Waals surface area contributed by atoms with E-state index in [9.17, 15) is 9.59 Å². The summed E-state index contributed by atoms with van der Waals surface area (Å²) in [6.07, 6.45) is 2.25. The highest BCUT2D eigenvalue weighted by Crippen LogP contribution is 2.37. The van der Waals surface area contributed by atoms with Crippen LogP contribution in [0.1, 0.15) is 19.3 Å². The molecule has 1 aromatic carbocycles. The molecule has 5 nitrogen and oxygen atoms in total. The maximum atomic E-state index is 12.8. The highest BCUT2D eigenvalue weighted by Gasteiger charge is 2.41. The van der Waals surface area contributed by atoms with Crippen molar-refractivity contribution in [3.63, 3.8) is 0 Å². The monoisotopic (exact) mass is 308 g/mol. The minimum Gasteiger partial charge on any atom is -0.495 e. The lowest BCUT2D eigenvalue weighted by Crippen LogP contribution is -2.46. The van der Waals surface area contributed by atoms with Gasteiger partial charge in [-0.3, -0.25) is 9.59 Å². The Morgan fingerprint density at radius 1 is 1.33 bits per heavy atom. The van der Waals surface area contributed by atoms with E-state index in [4.69, 9.17) is 16.3 Å². The van der Waals surface area contributed by atoms with E-state index in [2.05, 4.69) is 5.32 Å². The number of nitrogens with zero attached hydrogens (tertiary/aromatic N) is 1. The van der Waals surface area contributed by atoms with Gasteiger partial charge in [-0.2, -0.15) is 0 Å². The van der Waals surface area contributed by atoms with Crippen molar-refractivity contribution in [1.29, 1.82) is 0 Å². The SMILES string of the molecule is COc1ccc(Cl)cc1N1CCC(=O)NC(C2CC2)C1=O. The number of carbonyl (C=O) groups excluding carboxylic acids is 2. The molecule has 2 amide bonds. The zero-order valence-electron chi connectivity index (χ0n) is 11.8. The van der Waals surface area contributed by atoms with Gasteiger partial charge in [0.25, 0.3) is 0 Å². The summed E-state index contributed by atoms with van der Waals surface area (Å²) in [5, 5.41) is 3.37. The van der Waals surface area contributed by atoms with Crippen LogP contribution in [0.15, 0.2) is 18.2 Å². The quantitative estimate of drug-likeness (QED) is 0.929. The summed E-state index contributed by atoms with van der Waals surface area (Å²) in [5.41, 5.74) is 0.622. The van der Waals surface area contributed by atoms with E-state index < -0.39 is 6.04 Å². The van der Waals surface area contributed by atoms with Gasteiger partial charge in [0.2, 0.25) is 11.8 Å². The first-order chi connectivity index (χ1) is 10.1. The van der Waals surface area contributed by atoms with E-state index in [1.807, 2.05) is 0 Å². The third-order valence-corrected chi connectivity index (χ3v) is 4.17. The van der Waals surface area contributed by atoms with Crippen LogP contribution in [0.3, 0.4) is 0 Å². The van der Waals surface area contributed by atoms with E-state index in [0.29, 0.717) is 23.0 Å². The Morgan fingerprint density at radius 3 is 2.76 bits per heavy atom. The van der Waals surface area contributed by atoms with E-state index in [1.165, 1.54) is 0 Å². The molecule has 1 saturated heterocycles. The minimum atomic E-state index is -0.427. The van der Waals surface area contributed by atoms with E-state index >= 15 is 0 Å². The predicted octanol–water partition coefficient (Wildman–Crippen LogP) is 1.98. The third kappa shape index (κ3) is 2.83. The van der Waals surface area contributed by atoms with Gasteiger partial charge < -0.3 is 15.0 Å². The van der Waals surface area contributed by atoms with Crippen LogP contribution in [0, 0.1) is 5.92 Å². The number of anilines is 1. The zero-order valence-corrected chi connectivity index (χ0v) is 12.5. The summed E-state index contributed by atoms with van der Waals surface area (Å²) in [6, 6.07) is 4.73. The molecule has 1 aliphatic carbocycles. The van der Waals surface area contributed by atoms with E-state index in [0.717, 1.165) is 12.8 Å². The first kappa shape index (κ1) is 14.2. The first-order valence-electron chi connectivity index (χ1n) is 7.04. The Labute approximate surface area is 128 Å². The highest BCUT2D eigenvalue weighted by molar-refractivity contribution is 6.31. The van der Waals surface area contributed by atoms with E-state index in [-0.39, 0.29) is 24.2 Å². The summed E-state index contributed by atoms with van der Waals surface area (Å²) < 4.78 is 5.32. The number of nitrogens with one attached hydrogen (secondary N) is 1. The zero-order chi connectivity index (χ0) is 15.0. The molecule has 0 bridgehead atoms. The molecule has 0 spiro atoms. The maximum Gasteiger partial charge on any atom is 0.249 e. The van der Waals surface area contributed by atoms with Gasteiger partial charge >= 0.3 is 0 Å². The maximum absolute atomic E-state index is 12.8. The molecule has 1 atom stereocenters. The Balaban J connectivity index is 1.97. The van der Waals surface area contributed by atoms with Gasteiger partial charge in [-0.15, -0.1) is 0 Å². The van der Waals surface area contributed by atoms with Crippen LogP contribution in [0.25, 0.3) is 0 Å². The largest absolute Gasteiger partial charge is 0.495 e. The number of ether oxygens (including phenoxy) is 1. The molecular weight excluding hydrogens is 292 g/mol. The number of methoxy groups -OCH3 is 1. The fourth-order valence-corrected chi connectivity index (χ4v) is 2.83. The van der Waals surface area contributed by atoms with Crippen molar-refractivity contribution < 1.29 is 14.3 Å². The molecule has 0 radical (unpaired) electrons. The number of hydrogen-bond donors (Lipinski definition) is 1. The van der Waals surface area contributed by atoms with Gasteiger partial charge in [-0.1, -0.05) is 11.6 Å². The molecule has 2 fully saturated rings. The minimum absolute atomic E-state index is 0.0797. The van der Waals surface area contributed by atoms with Crippen LogP contribution in [0.2, 0.25) is 5.02 Å². The Morgan fingerprint density at radius 2 is 2.10 bits per heavy atom. The topological polar surface area (TPSA) is 58.6 Å². The molecule has 1 heterocycles. The second-order valence-electron chi connectivity index (χ2n) is 5.44. The summed E-state index contributed by atoms with van der Waals surface area (Å²) in [6.45, 7) is 0.338. The number of rotatable bonds is 3. The predicted molar refractivity (Wildman–Crippen MR) is 79.6 cm³/mol. The van der Waals surface area contributed by atoms with E-state index in [1.54, 1.807) is 30.2 Å². The van der Waals surface area contributed by atoms with Crippen molar-refractivity contribution in [2.24, 2.45) is 5.92 Å². The van der Waals surface area contributed by atoms with Crippen molar-refractivity contribution in [2.75, 3.05) is 18.6 Å². The fourth-order valence-electron chi connectivity index (χ4n) is 2.66. The van der Waals surface area contributed by atoms with Crippen LogP contribution in [-0.2, 0) is 9.59 Å². The van der Waals surface area contributed by atoms with Crippen LogP contribution < -0.4 is 15.0 Å². The van der Waals surface area contributed by atoms with Crippen LogP contribution >= 0.6 is 11.6 Å². The van der Waals surface area contributed by atoms with Crippen molar-refractivity contribution in [3.05, 3.63) is 23.2 Å². The molecule has 1 saturated carbocycles. The molecule has 1 aliphatic heterocycles. The van der Waals surface area contributed by atoms with Gasteiger partial charge in [-0.25, -0.2) is 0 Å². The number of carbonyl (C=O) groups is 2. The number of hydrogen-bond acceptors (Lipinski definition) is 3. The normalized spacial score (nSPS) is 22.8. The van der Waals surface area contributed by atoms with Gasteiger partial charge in [0.05, 0.1) is 12.8 Å². The molecule has 21 heavy (non-hydrogen) atoms. The first-order valence-corrected chi connectivity index (χ1v) is 7.42. The third-order valence-electron chi connectivity index (χ3n) is 3.94. The molecule has 6 heteroatoms. The number of amides is 2. The van der Waals surface area contributed by atoms with Crippen molar-refractivity contribution in [1.82, 2.24) is 5.32 Å². The summed E-state index contributed by atoms with van der Waals surface area (Å²) in [7, 11) is 1.55. The molecule has 1 aromatic rings. The van der Waals surface area contributed by atoms with Gasteiger partial charge in [-0.05, 0) is 37.0 Å². The molecule has 0 aromatic heterocycles. The summed E-state index contributed by atoms with van der Waals surface area (Å²) in [4.78, 5) is 26.2. The lowest BCUT2D eigenvalue weighted by molar-refractivity contribution is -0.126. The molecule has 112 valence electrons. The highest BCUT2D eigenvalue weighted by atomic mass is 35.5. The van der Waals surface area contributed by atoms with Gasteiger partial charge in [0.15, 0.2) is 0 Å². The van der Waals surface area contributed by atoms with Crippen molar-refractivity contribution in [2.45, 2.75) is 25.3 Å². The number of halogens is 1. The Kier molecular flexibility index (Phi) is 3.76. The lowest BCUT2D eigenvalue weighted by Gasteiger charge is -2.25. The van der Waals surface area contributed by atoms with Crippen LogP contribution in [-0.4, -0.2) is 31.5 Å². The van der Waals surface area contributed by atoms with Crippen LogP contribution in [0.4, 0.5) is 5.69 Å². The second kappa shape index (κ2) is 5.56. The summed E-state index contributed by atoms with van der Waals surface area (Å²) >= 11 is 6.05. The smallest absolute Gasteiger partial charge is 0.249 e. The molecule has 1 unspecified atom stereocenters. The van der Waals surface area contributed by atoms with Crippen molar-refractivity contribution >= 4 is 29.1 Å².